The van der Waals surface area contributed by atoms with E-state index in [1.807, 2.05) is 6.92 Å². The predicted octanol–water partition coefficient (Wildman–Crippen LogP) is 0.889. The van der Waals surface area contributed by atoms with Gasteiger partial charge in [0.25, 0.3) is 0 Å². The summed E-state index contributed by atoms with van der Waals surface area (Å²) in [5, 5.41) is 2.87. The van der Waals surface area contributed by atoms with Crippen molar-refractivity contribution in [1.82, 2.24) is 5.32 Å². The molecular formula is C11H20N2O. The van der Waals surface area contributed by atoms with Crippen LogP contribution in [0.3, 0.4) is 0 Å². The van der Waals surface area contributed by atoms with Gasteiger partial charge in [0, 0.05) is 12.1 Å². The monoisotopic (exact) mass is 196 g/mol. The number of hydrogen-bond donors (Lipinski definition) is 2. The molecule has 0 aliphatic heterocycles. The molecule has 0 saturated heterocycles. The standard InChI is InChI=1S/C11H20N2O/c1-5-6-10(14)13-11(4,8-12)7-9(2)3/h1,9H,6-8,12H2,2-4H3,(H,13,14). The highest BCUT2D eigenvalue weighted by Crippen LogP contribution is 2.15. The number of rotatable bonds is 5. The number of carbonyl (C=O) groups is 1. The van der Waals surface area contributed by atoms with Gasteiger partial charge < -0.3 is 11.1 Å². The summed E-state index contributed by atoms with van der Waals surface area (Å²) in [6.07, 6.45) is 6.03. The van der Waals surface area contributed by atoms with E-state index in [0.717, 1.165) is 6.42 Å². The summed E-state index contributed by atoms with van der Waals surface area (Å²) in [6, 6.07) is 0. The Bertz CT molecular complexity index is 230. The van der Waals surface area contributed by atoms with Gasteiger partial charge in [-0.25, -0.2) is 0 Å². The molecule has 3 nitrogen and oxygen atoms in total. The van der Waals surface area contributed by atoms with E-state index < -0.39 is 0 Å². The van der Waals surface area contributed by atoms with Crippen LogP contribution in [0.15, 0.2) is 0 Å². The van der Waals surface area contributed by atoms with Crippen molar-refractivity contribution in [2.24, 2.45) is 11.7 Å². The van der Waals surface area contributed by atoms with E-state index >= 15 is 0 Å². The van der Waals surface area contributed by atoms with Crippen molar-refractivity contribution in [3.63, 3.8) is 0 Å². The highest BCUT2D eigenvalue weighted by Gasteiger charge is 2.25. The Morgan fingerprint density at radius 2 is 2.21 bits per heavy atom. The largest absolute Gasteiger partial charge is 0.349 e. The van der Waals surface area contributed by atoms with Crippen LogP contribution < -0.4 is 11.1 Å². The summed E-state index contributed by atoms with van der Waals surface area (Å²) >= 11 is 0. The molecule has 0 spiro atoms. The van der Waals surface area contributed by atoms with E-state index in [9.17, 15) is 4.79 Å². The van der Waals surface area contributed by atoms with Crippen LogP contribution in [0.25, 0.3) is 0 Å². The van der Waals surface area contributed by atoms with Gasteiger partial charge in [-0.05, 0) is 19.3 Å². The van der Waals surface area contributed by atoms with Gasteiger partial charge in [-0.1, -0.05) is 19.8 Å². The minimum Gasteiger partial charge on any atom is -0.349 e. The molecule has 0 aromatic heterocycles. The van der Waals surface area contributed by atoms with Crippen LogP contribution in [0.2, 0.25) is 0 Å². The van der Waals surface area contributed by atoms with Crippen molar-refractivity contribution in [1.29, 1.82) is 0 Å². The number of hydrogen-bond acceptors (Lipinski definition) is 2. The highest BCUT2D eigenvalue weighted by molar-refractivity contribution is 5.79. The zero-order chi connectivity index (χ0) is 11.2. The fourth-order valence-corrected chi connectivity index (χ4v) is 1.56. The second-order valence-electron chi connectivity index (χ2n) is 4.29. The summed E-state index contributed by atoms with van der Waals surface area (Å²) in [4.78, 5) is 11.3. The number of carbonyl (C=O) groups excluding carboxylic acids is 1. The van der Waals surface area contributed by atoms with Crippen LogP contribution in [0, 0.1) is 18.3 Å². The molecule has 0 saturated carbocycles. The van der Waals surface area contributed by atoms with Gasteiger partial charge in [0.2, 0.25) is 5.91 Å². The van der Waals surface area contributed by atoms with Crippen molar-refractivity contribution in [3.8, 4) is 12.3 Å². The first-order chi connectivity index (χ1) is 6.43. The van der Waals surface area contributed by atoms with Gasteiger partial charge in [0.15, 0.2) is 0 Å². The molecule has 0 radical (unpaired) electrons. The summed E-state index contributed by atoms with van der Waals surface area (Å²) in [7, 11) is 0. The van der Waals surface area contributed by atoms with Crippen molar-refractivity contribution in [2.75, 3.05) is 6.54 Å². The van der Waals surface area contributed by atoms with Crippen LogP contribution in [0.5, 0.6) is 0 Å². The predicted molar refractivity (Wildman–Crippen MR) is 58.5 cm³/mol. The third kappa shape index (κ3) is 4.88. The lowest BCUT2D eigenvalue weighted by Gasteiger charge is -2.30. The molecule has 1 unspecified atom stereocenters. The molecule has 0 heterocycles. The molecule has 1 amide bonds. The van der Waals surface area contributed by atoms with Gasteiger partial charge >= 0.3 is 0 Å². The normalized spacial score (nSPS) is 14.6. The molecule has 14 heavy (non-hydrogen) atoms. The molecule has 0 aromatic rings. The Morgan fingerprint density at radius 3 is 2.57 bits per heavy atom. The average Bonchev–Trinajstić information content (AvgIpc) is 2.02. The second-order valence-corrected chi connectivity index (χ2v) is 4.29. The van der Waals surface area contributed by atoms with Gasteiger partial charge in [-0.3, -0.25) is 4.79 Å². The maximum Gasteiger partial charge on any atom is 0.232 e. The average molecular weight is 196 g/mol. The summed E-state index contributed by atoms with van der Waals surface area (Å²) in [5.74, 6) is 2.69. The minimum absolute atomic E-state index is 0.119. The van der Waals surface area contributed by atoms with E-state index in [0.29, 0.717) is 12.5 Å². The smallest absolute Gasteiger partial charge is 0.232 e. The van der Waals surface area contributed by atoms with Crippen LogP contribution in [0.1, 0.15) is 33.6 Å². The molecule has 3 N–H and O–H groups in total. The quantitative estimate of drug-likeness (QED) is 0.642. The fraction of sp³-hybridized carbons (Fsp3) is 0.727. The lowest BCUT2D eigenvalue weighted by atomic mass is 9.90. The van der Waals surface area contributed by atoms with E-state index in [1.165, 1.54) is 0 Å². The van der Waals surface area contributed by atoms with Crippen molar-refractivity contribution < 1.29 is 4.79 Å². The molecule has 0 fully saturated rings. The Labute approximate surface area is 86.4 Å². The molecule has 80 valence electrons. The topological polar surface area (TPSA) is 55.1 Å². The zero-order valence-corrected chi connectivity index (χ0v) is 9.26. The Morgan fingerprint density at radius 1 is 1.64 bits per heavy atom. The lowest BCUT2D eigenvalue weighted by Crippen LogP contribution is -2.52. The molecule has 0 bridgehead atoms. The molecule has 0 aromatic carbocycles. The lowest BCUT2D eigenvalue weighted by molar-refractivity contribution is -0.121. The number of nitrogens with one attached hydrogen (secondary N) is 1. The summed E-state index contributed by atoms with van der Waals surface area (Å²) < 4.78 is 0. The third-order valence-corrected chi connectivity index (χ3v) is 2.01. The van der Waals surface area contributed by atoms with E-state index in [2.05, 4.69) is 25.1 Å². The van der Waals surface area contributed by atoms with Gasteiger partial charge in [0.1, 0.15) is 0 Å². The maximum absolute atomic E-state index is 11.3. The number of terminal acetylenes is 1. The van der Waals surface area contributed by atoms with E-state index in [1.54, 1.807) is 0 Å². The molecular weight excluding hydrogens is 176 g/mol. The van der Waals surface area contributed by atoms with Crippen molar-refractivity contribution in [3.05, 3.63) is 0 Å². The first-order valence-electron chi connectivity index (χ1n) is 4.88. The van der Waals surface area contributed by atoms with Crippen molar-refractivity contribution in [2.45, 2.75) is 39.2 Å². The minimum atomic E-state index is -0.331. The highest BCUT2D eigenvalue weighted by atomic mass is 16.1. The summed E-state index contributed by atoms with van der Waals surface area (Å²) in [5.41, 5.74) is 5.30. The SMILES string of the molecule is C#CCC(=O)NC(C)(CN)CC(C)C. The molecule has 1 atom stereocenters. The Balaban J connectivity index is 4.25. The maximum atomic E-state index is 11.3. The molecule has 0 aliphatic rings. The van der Waals surface area contributed by atoms with Gasteiger partial charge in [0.05, 0.1) is 6.42 Å². The van der Waals surface area contributed by atoms with Crippen LogP contribution in [-0.2, 0) is 4.79 Å². The molecule has 0 aliphatic carbocycles. The Hall–Kier alpha value is -1.01. The van der Waals surface area contributed by atoms with Crippen LogP contribution in [0.4, 0.5) is 0 Å². The van der Waals surface area contributed by atoms with Crippen molar-refractivity contribution >= 4 is 5.91 Å². The first kappa shape index (κ1) is 13.0. The van der Waals surface area contributed by atoms with Gasteiger partial charge in [-0.2, -0.15) is 0 Å². The first-order valence-corrected chi connectivity index (χ1v) is 4.88. The third-order valence-electron chi connectivity index (χ3n) is 2.01. The van der Waals surface area contributed by atoms with Gasteiger partial charge in [-0.15, -0.1) is 6.42 Å². The molecule has 0 rings (SSSR count). The van der Waals surface area contributed by atoms with E-state index in [4.69, 9.17) is 12.2 Å². The molecule has 3 heteroatoms. The summed E-state index contributed by atoms with van der Waals surface area (Å²) in [6.45, 7) is 6.57. The number of nitrogens with two attached hydrogens (primary N) is 1. The second kappa shape index (κ2) is 5.66. The van der Waals surface area contributed by atoms with Crippen LogP contribution >= 0.6 is 0 Å². The van der Waals surface area contributed by atoms with Crippen LogP contribution in [-0.4, -0.2) is 18.0 Å². The Kier molecular flexibility index (Phi) is 5.26. The fourth-order valence-electron chi connectivity index (χ4n) is 1.56. The van der Waals surface area contributed by atoms with E-state index in [-0.39, 0.29) is 17.9 Å². The number of amides is 1. The zero-order valence-electron chi connectivity index (χ0n) is 9.26.